The zero-order valence-corrected chi connectivity index (χ0v) is 14.6. The molecule has 0 spiro atoms. The van der Waals surface area contributed by atoms with Gasteiger partial charge in [0.05, 0.1) is 0 Å². The van der Waals surface area contributed by atoms with E-state index in [1.54, 1.807) is 12.1 Å². The molecule has 2 N–H and O–H groups in total. The number of amides is 2. The van der Waals surface area contributed by atoms with E-state index < -0.39 is 0 Å². The van der Waals surface area contributed by atoms with Crippen LogP contribution < -0.4 is 10.6 Å². The summed E-state index contributed by atoms with van der Waals surface area (Å²) in [5.74, 6) is -0.117. The van der Waals surface area contributed by atoms with E-state index in [2.05, 4.69) is 28.8 Å². The van der Waals surface area contributed by atoms with Gasteiger partial charge in [-0.1, -0.05) is 60.7 Å². The van der Waals surface area contributed by atoms with E-state index in [4.69, 9.17) is 0 Å². The number of carbonyl (C=O) groups is 2. The second-order valence-corrected chi connectivity index (χ2v) is 6.14. The van der Waals surface area contributed by atoms with Gasteiger partial charge < -0.3 is 10.6 Å². The van der Waals surface area contributed by atoms with Gasteiger partial charge in [-0.15, -0.1) is 0 Å². The number of carbonyl (C=O) groups excluding carboxylic acids is 2. The van der Waals surface area contributed by atoms with Gasteiger partial charge in [0.25, 0.3) is 5.91 Å². The first kappa shape index (κ1) is 17.7. The molecule has 2 amide bonds. The SMILES string of the molecule is O=C(CCCNC(=O)c1ccccc1)NCc1cccc2ccccc12. The van der Waals surface area contributed by atoms with Crippen molar-refractivity contribution in [2.45, 2.75) is 19.4 Å². The van der Waals surface area contributed by atoms with Crippen LogP contribution in [0.4, 0.5) is 0 Å². The van der Waals surface area contributed by atoms with Gasteiger partial charge in [-0.3, -0.25) is 9.59 Å². The van der Waals surface area contributed by atoms with Crippen molar-refractivity contribution in [3.05, 3.63) is 83.9 Å². The quantitative estimate of drug-likeness (QED) is 0.641. The fourth-order valence-electron chi connectivity index (χ4n) is 2.87. The zero-order valence-electron chi connectivity index (χ0n) is 14.6. The van der Waals surface area contributed by atoms with Gasteiger partial charge in [0.2, 0.25) is 5.91 Å². The van der Waals surface area contributed by atoms with E-state index in [1.165, 1.54) is 5.39 Å². The largest absolute Gasteiger partial charge is 0.352 e. The summed E-state index contributed by atoms with van der Waals surface area (Å²) in [4.78, 5) is 24.0. The third-order valence-electron chi connectivity index (χ3n) is 4.26. The maximum Gasteiger partial charge on any atom is 0.251 e. The molecule has 0 aliphatic rings. The van der Waals surface area contributed by atoms with Crippen molar-refractivity contribution in [2.24, 2.45) is 0 Å². The predicted molar refractivity (Wildman–Crippen MR) is 104 cm³/mol. The first-order valence-corrected chi connectivity index (χ1v) is 8.80. The highest BCUT2D eigenvalue weighted by molar-refractivity contribution is 5.94. The van der Waals surface area contributed by atoms with Crippen LogP contribution in [0.3, 0.4) is 0 Å². The Bertz CT molecular complexity index is 886. The fourth-order valence-corrected chi connectivity index (χ4v) is 2.87. The molecule has 0 atom stereocenters. The Balaban J connectivity index is 1.41. The third-order valence-corrected chi connectivity index (χ3v) is 4.26. The highest BCUT2D eigenvalue weighted by Gasteiger charge is 2.06. The first-order valence-electron chi connectivity index (χ1n) is 8.80. The second-order valence-electron chi connectivity index (χ2n) is 6.14. The Labute approximate surface area is 153 Å². The lowest BCUT2D eigenvalue weighted by atomic mass is 10.0. The summed E-state index contributed by atoms with van der Waals surface area (Å²) >= 11 is 0. The second kappa shape index (κ2) is 8.81. The molecule has 0 unspecified atom stereocenters. The Morgan fingerprint density at radius 3 is 2.35 bits per heavy atom. The maximum atomic E-state index is 12.0. The smallest absolute Gasteiger partial charge is 0.251 e. The topological polar surface area (TPSA) is 58.2 Å². The average Bonchev–Trinajstić information content (AvgIpc) is 2.70. The summed E-state index contributed by atoms with van der Waals surface area (Å²) in [7, 11) is 0. The molecule has 0 saturated carbocycles. The molecule has 3 aromatic carbocycles. The van der Waals surface area contributed by atoms with Crippen molar-refractivity contribution in [1.29, 1.82) is 0 Å². The molecular weight excluding hydrogens is 324 g/mol. The van der Waals surface area contributed by atoms with Crippen LogP contribution >= 0.6 is 0 Å². The van der Waals surface area contributed by atoms with E-state index in [0.29, 0.717) is 31.5 Å². The van der Waals surface area contributed by atoms with Crippen LogP contribution in [0.1, 0.15) is 28.8 Å². The van der Waals surface area contributed by atoms with Gasteiger partial charge in [0.1, 0.15) is 0 Å². The number of benzene rings is 3. The number of hydrogen-bond acceptors (Lipinski definition) is 2. The predicted octanol–water partition coefficient (Wildman–Crippen LogP) is 3.67. The number of hydrogen-bond donors (Lipinski definition) is 2. The van der Waals surface area contributed by atoms with Crippen molar-refractivity contribution in [1.82, 2.24) is 10.6 Å². The molecule has 4 heteroatoms. The summed E-state index contributed by atoms with van der Waals surface area (Å²) in [5.41, 5.74) is 1.74. The lowest BCUT2D eigenvalue weighted by molar-refractivity contribution is -0.121. The van der Waals surface area contributed by atoms with E-state index in [1.807, 2.05) is 42.5 Å². The Morgan fingerprint density at radius 2 is 1.50 bits per heavy atom. The van der Waals surface area contributed by atoms with Crippen molar-refractivity contribution in [3.8, 4) is 0 Å². The molecule has 0 radical (unpaired) electrons. The van der Waals surface area contributed by atoms with Gasteiger partial charge in [-0.05, 0) is 34.9 Å². The summed E-state index contributed by atoms with van der Waals surface area (Å²) in [6.07, 6.45) is 1.000. The Morgan fingerprint density at radius 1 is 0.769 bits per heavy atom. The van der Waals surface area contributed by atoms with Crippen LogP contribution in [-0.4, -0.2) is 18.4 Å². The molecule has 0 aliphatic carbocycles. The summed E-state index contributed by atoms with van der Waals surface area (Å²) in [6, 6.07) is 23.3. The maximum absolute atomic E-state index is 12.0. The van der Waals surface area contributed by atoms with Crippen LogP contribution in [0.15, 0.2) is 72.8 Å². The Hall–Kier alpha value is -3.14. The van der Waals surface area contributed by atoms with Gasteiger partial charge in [-0.25, -0.2) is 0 Å². The normalized spacial score (nSPS) is 10.5. The van der Waals surface area contributed by atoms with Crippen molar-refractivity contribution in [3.63, 3.8) is 0 Å². The molecule has 0 bridgehead atoms. The molecular formula is C22H22N2O2. The summed E-state index contributed by atoms with van der Waals surface area (Å²) in [5, 5.41) is 8.12. The molecule has 26 heavy (non-hydrogen) atoms. The van der Waals surface area contributed by atoms with Crippen LogP contribution in [0.5, 0.6) is 0 Å². The van der Waals surface area contributed by atoms with Gasteiger partial charge in [0.15, 0.2) is 0 Å². The zero-order chi connectivity index (χ0) is 18.2. The minimum Gasteiger partial charge on any atom is -0.352 e. The minimum atomic E-state index is -0.109. The molecule has 0 aromatic heterocycles. The number of nitrogens with one attached hydrogen (secondary N) is 2. The average molecular weight is 346 g/mol. The lowest BCUT2D eigenvalue weighted by Gasteiger charge is -2.09. The molecule has 3 rings (SSSR count). The van der Waals surface area contributed by atoms with Crippen LogP contribution in [0, 0.1) is 0 Å². The van der Waals surface area contributed by atoms with Crippen LogP contribution in [0.2, 0.25) is 0 Å². The Kier molecular flexibility index (Phi) is 5.99. The van der Waals surface area contributed by atoms with Crippen LogP contribution in [-0.2, 0) is 11.3 Å². The highest BCUT2D eigenvalue weighted by atomic mass is 16.2. The van der Waals surface area contributed by atoms with Crippen molar-refractivity contribution in [2.75, 3.05) is 6.54 Å². The molecule has 3 aromatic rings. The van der Waals surface area contributed by atoms with E-state index in [-0.39, 0.29) is 11.8 Å². The minimum absolute atomic E-state index is 0.00751. The van der Waals surface area contributed by atoms with E-state index >= 15 is 0 Å². The fraction of sp³-hybridized carbons (Fsp3) is 0.182. The summed E-state index contributed by atoms with van der Waals surface area (Å²) in [6.45, 7) is 0.992. The third kappa shape index (κ3) is 4.70. The molecule has 0 aliphatic heterocycles. The number of rotatable bonds is 7. The molecule has 0 fully saturated rings. The molecule has 0 saturated heterocycles. The van der Waals surface area contributed by atoms with Gasteiger partial charge in [-0.2, -0.15) is 0 Å². The molecule has 0 heterocycles. The van der Waals surface area contributed by atoms with E-state index in [9.17, 15) is 9.59 Å². The van der Waals surface area contributed by atoms with Crippen molar-refractivity contribution >= 4 is 22.6 Å². The van der Waals surface area contributed by atoms with Crippen molar-refractivity contribution < 1.29 is 9.59 Å². The van der Waals surface area contributed by atoms with Crippen LogP contribution in [0.25, 0.3) is 10.8 Å². The van der Waals surface area contributed by atoms with Gasteiger partial charge >= 0.3 is 0 Å². The lowest BCUT2D eigenvalue weighted by Crippen LogP contribution is -2.27. The first-order chi connectivity index (χ1) is 12.7. The molecule has 4 nitrogen and oxygen atoms in total. The van der Waals surface area contributed by atoms with E-state index in [0.717, 1.165) is 10.9 Å². The standard InChI is InChI=1S/C22H22N2O2/c25-21(14-7-15-23-22(26)18-9-2-1-3-10-18)24-16-19-12-6-11-17-8-4-5-13-20(17)19/h1-6,8-13H,7,14-16H2,(H,23,26)(H,24,25). The number of fused-ring (bicyclic) bond motifs is 1. The summed E-state index contributed by atoms with van der Waals surface area (Å²) < 4.78 is 0. The van der Waals surface area contributed by atoms with Gasteiger partial charge in [0, 0.05) is 25.1 Å². The molecule has 132 valence electrons. The highest BCUT2D eigenvalue weighted by Crippen LogP contribution is 2.18. The monoisotopic (exact) mass is 346 g/mol.